The molecule has 2 heterocycles. The predicted molar refractivity (Wildman–Crippen MR) is 93.6 cm³/mol. The summed E-state index contributed by atoms with van der Waals surface area (Å²) < 4.78 is 22.1. The van der Waals surface area contributed by atoms with Crippen LogP contribution in [0.2, 0.25) is 0 Å². The largest absolute Gasteiger partial charge is 0.382 e. The second-order valence-electron chi connectivity index (χ2n) is 6.10. The third-order valence-electron chi connectivity index (χ3n) is 4.25. The molecule has 1 N–H and O–H groups in total. The van der Waals surface area contributed by atoms with E-state index in [1.54, 1.807) is 7.11 Å². The Balaban J connectivity index is 1.76. The molecule has 7 heteroatoms. The van der Waals surface area contributed by atoms with Gasteiger partial charge < -0.3 is 29.2 Å². The fourth-order valence-corrected chi connectivity index (χ4v) is 3.01. The molecule has 2 saturated heterocycles. The minimum absolute atomic E-state index is 0.155. The lowest BCUT2D eigenvalue weighted by molar-refractivity contribution is -0.0817. The Labute approximate surface area is 145 Å². The van der Waals surface area contributed by atoms with Crippen molar-refractivity contribution in [1.29, 1.82) is 0 Å². The molecule has 24 heavy (non-hydrogen) atoms. The van der Waals surface area contributed by atoms with Gasteiger partial charge in [-0.3, -0.25) is 4.99 Å². The van der Waals surface area contributed by atoms with Crippen molar-refractivity contribution < 1.29 is 18.9 Å². The van der Waals surface area contributed by atoms with Crippen LogP contribution in [0.1, 0.15) is 26.2 Å². The molecule has 2 aliphatic rings. The van der Waals surface area contributed by atoms with E-state index in [0.717, 1.165) is 64.6 Å². The molecular weight excluding hydrogens is 310 g/mol. The van der Waals surface area contributed by atoms with E-state index in [0.29, 0.717) is 19.8 Å². The van der Waals surface area contributed by atoms with Crippen LogP contribution in [0.25, 0.3) is 0 Å². The van der Waals surface area contributed by atoms with Crippen molar-refractivity contribution in [3.05, 3.63) is 0 Å². The zero-order valence-corrected chi connectivity index (χ0v) is 15.2. The molecule has 2 aliphatic heterocycles. The average Bonchev–Trinajstić information content (AvgIpc) is 3.15. The third kappa shape index (κ3) is 6.55. The number of hydrogen-bond donors (Lipinski definition) is 1. The maximum Gasteiger partial charge on any atom is 0.194 e. The Kier molecular flexibility index (Phi) is 9.42. The normalized spacial score (nSPS) is 25.2. The Hall–Kier alpha value is -0.890. The molecule has 2 fully saturated rings. The van der Waals surface area contributed by atoms with E-state index in [9.17, 15) is 0 Å². The molecule has 0 radical (unpaired) electrons. The van der Waals surface area contributed by atoms with Crippen molar-refractivity contribution in [2.24, 2.45) is 4.99 Å². The van der Waals surface area contributed by atoms with Crippen LogP contribution >= 0.6 is 0 Å². The highest BCUT2D eigenvalue weighted by Crippen LogP contribution is 2.21. The van der Waals surface area contributed by atoms with Crippen LogP contribution in [0, 0.1) is 0 Å². The number of nitrogens with zero attached hydrogens (tertiary/aromatic N) is 2. The van der Waals surface area contributed by atoms with Crippen molar-refractivity contribution >= 4 is 5.96 Å². The molecule has 0 bridgehead atoms. The molecule has 0 aromatic rings. The smallest absolute Gasteiger partial charge is 0.194 e. The van der Waals surface area contributed by atoms with Crippen LogP contribution in [0.15, 0.2) is 4.99 Å². The van der Waals surface area contributed by atoms with Gasteiger partial charge in [-0.15, -0.1) is 0 Å². The fraction of sp³-hybridized carbons (Fsp3) is 0.941. The Morgan fingerprint density at radius 1 is 1.21 bits per heavy atom. The highest BCUT2D eigenvalue weighted by atomic mass is 16.5. The maximum atomic E-state index is 5.92. The summed E-state index contributed by atoms with van der Waals surface area (Å²) in [6.45, 7) is 9.05. The van der Waals surface area contributed by atoms with Crippen LogP contribution in [0.4, 0.5) is 0 Å². The van der Waals surface area contributed by atoms with Gasteiger partial charge in [-0.1, -0.05) is 0 Å². The number of methoxy groups -OCH3 is 1. The molecular formula is C17H33N3O4. The second-order valence-corrected chi connectivity index (χ2v) is 6.10. The van der Waals surface area contributed by atoms with E-state index >= 15 is 0 Å². The van der Waals surface area contributed by atoms with Crippen LogP contribution in [0.3, 0.4) is 0 Å². The summed E-state index contributed by atoms with van der Waals surface area (Å²) in [5, 5.41) is 3.39. The number of guanidine groups is 1. The summed E-state index contributed by atoms with van der Waals surface area (Å²) in [6, 6.07) is 0. The van der Waals surface area contributed by atoms with Crippen LogP contribution < -0.4 is 5.32 Å². The number of ether oxygens (including phenoxy) is 4. The molecule has 0 aromatic carbocycles. The lowest BCUT2D eigenvalue weighted by Gasteiger charge is -2.37. The average molecular weight is 343 g/mol. The topological polar surface area (TPSA) is 64.6 Å². The van der Waals surface area contributed by atoms with E-state index in [2.05, 4.69) is 17.1 Å². The first-order chi connectivity index (χ1) is 11.8. The van der Waals surface area contributed by atoms with E-state index < -0.39 is 0 Å². The minimum atomic E-state index is 0.155. The standard InChI is InChI=1S/C17H33N3O4/c1-3-18-17(19-7-5-9-22-13-12-21-2)20-8-11-24-16(14-20)15-6-4-10-23-15/h15-16H,3-14H2,1-2H3,(H,18,19). The Morgan fingerprint density at radius 3 is 2.83 bits per heavy atom. The first kappa shape index (κ1) is 19.4. The van der Waals surface area contributed by atoms with E-state index in [-0.39, 0.29) is 12.2 Å². The summed E-state index contributed by atoms with van der Waals surface area (Å²) >= 11 is 0. The first-order valence-electron chi connectivity index (χ1n) is 9.18. The summed E-state index contributed by atoms with van der Waals surface area (Å²) in [5.41, 5.74) is 0. The summed E-state index contributed by atoms with van der Waals surface area (Å²) in [6.07, 6.45) is 3.55. The van der Waals surface area contributed by atoms with Crippen LogP contribution in [-0.4, -0.2) is 89.4 Å². The Bertz CT molecular complexity index is 362. The zero-order valence-electron chi connectivity index (χ0n) is 15.2. The van der Waals surface area contributed by atoms with Crippen LogP contribution in [-0.2, 0) is 18.9 Å². The highest BCUT2D eigenvalue weighted by Gasteiger charge is 2.32. The first-order valence-corrected chi connectivity index (χ1v) is 9.18. The number of nitrogens with one attached hydrogen (secondary N) is 1. The van der Waals surface area contributed by atoms with Gasteiger partial charge in [0.2, 0.25) is 0 Å². The van der Waals surface area contributed by atoms with Crippen LogP contribution in [0.5, 0.6) is 0 Å². The summed E-state index contributed by atoms with van der Waals surface area (Å²) in [5.74, 6) is 0.973. The number of morpholine rings is 1. The summed E-state index contributed by atoms with van der Waals surface area (Å²) in [4.78, 5) is 7.04. The van der Waals surface area contributed by atoms with Gasteiger partial charge in [0.15, 0.2) is 5.96 Å². The Morgan fingerprint density at radius 2 is 2.08 bits per heavy atom. The molecule has 0 amide bonds. The van der Waals surface area contributed by atoms with Crippen molar-refractivity contribution in [3.63, 3.8) is 0 Å². The number of aliphatic imine (C=N–C) groups is 1. The molecule has 140 valence electrons. The van der Waals surface area contributed by atoms with Crippen molar-refractivity contribution in [2.45, 2.75) is 38.4 Å². The van der Waals surface area contributed by atoms with E-state index in [1.165, 1.54) is 0 Å². The van der Waals surface area contributed by atoms with Gasteiger partial charge in [0.25, 0.3) is 0 Å². The predicted octanol–water partition coefficient (Wildman–Crippen LogP) is 0.885. The van der Waals surface area contributed by atoms with Gasteiger partial charge in [-0.2, -0.15) is 0 Å². The molecule has 2 atom stereocenters. The lowest BCUT2D eigenvalue weighted by atomic mass is 10.1. The van der Waals surface area contributed by atoms with Gasteiger partial charge in [-0.05, 0) is 26.2 Å². The molecule has 0 spiro atoms. The molecule has 2 rings (SSSR count). The van der Waals surface area contributed by atoms with E-state index in [1.807, 2.05) is 0 Å². The van der Waals surface area contributed by atoms with E-state index in [4.69, 9.17) is 23.9 Å². The van der Waals surface area contributed by atoms with Gasteiger partial charge >= 0.3 is 0 Å². The SMILES string of the molecule is CCNC(=NCCCOCCOC)N1CCOC(C2CCCO2)C1. The summed E-state index contributed by atoms with van der Waals surface area (Å²) in [7, 11) is 1.68. The zero-order chi connectivity index (χ0) is 17.0. The van der Waals surface area contributed by atoms with Gasteiger partial charge in [-0.25, -0.2) is 0 Å². The molecule has 0 aliphatic carbocycles. The fourth-order valence-electron chi connectivity index (χ4n) is 3.01. The molecule has 0 saturated carbocycles. The van der Waals surface area contributed by atoms with Crippen molar-refractivity contribution in [2.75, 3.05) is 66.3 Å². The monoisotopic (exact) mass is 343 g/mol. The molecule has 2 unspecified atom stereocenters. The minimum Gasteiger partial charge on any atom is -0.382 e. The van der Waals surface area contributed by atoms with Crippen molar-refractivity contribution in [3.8, 4) is 0 Å². The highest BCUT2D eigenvalue weighted by molar-refractivity contribution is 5.80. The van der Waals surface area contributed by atoms with Gasteiger partial charge in [0.1, 0.15) is 6.10 Å². The molecule has 7 nitrogen and oxygen atoms in total. The second kappa shape index (κ2) is 11.6. The van der Waals surface area contributed by atoms with Gasteiger partial charge in [0, 0.05) is 46.5 Å². The lowest BCUT2D eigenvalue weighted by Crippen LogP contribution is -2.53. The quantitative estimate of drug-likeness (QED) is 0.381. The maximum absolute atomic E-state index is 5.92. The third-order valence-corrected chi connectivity index (χ3v) is 4.25. The number of rotatable bonds is 9. The van der Waals surface area contributed by atoms with Crippen molar-refractivity contribution in [1.82, 2.24) is 10.2 Å². The van der Waals surface area contributed by atoms with Gasteiger partial charge in [0.05, 0.1) is 25.9 Å². The molecule has 0 aromatic heterocycles. The number of hydrogen-bond acceptors (Lipinski definition) is 5.